The smallest absolute Gasteiger partial charge is 0.328 e. The minimum atomic E-state index is -1.02. The van der Waals surface area contributed by atoms with Crippen LogP contribution in [0, 0.1) is 5.92 Å². The molecule has 7 heteroatoms. The molecule has 0 spiro atoms. The zero-order valence-corrected chi connectivity index (χ0v) is 10.8. The molecule has 0 saturated carbocycles. The zero-order chi connectivity index (χ0) is 14.3. The Kier molecular flexibility index (Phi) is 6.96. The maximum Gasteiger partial charge on any atom is 0.328 e. The maximum atomic E-state index is 11.7. The van der Waals surface area contributed by atoms with E-state index in [1.807, 2.05) is 0 Å². The Morgan fingerprint density at radius 3 is 2.28 bits per heavy atom. The summed E-state index contributed by atoms with van der Waals surface area (Å²) in [5.41, 5.74) is 5.53. The molecule has 104 valence electrons. The van der Waals surface area contributed by atoms with Crippen LogP contribution in [0.3, 0.4) is 0 Å². The maximum absolute atomic E-state index is 11.7. The third kappa shape index (κ3) is 5.62. The quantitative estimate of drug-likeness (QED) is 0.530. The van der Waals surface area contributed by atoms with Crippen molar-refractivity contribution in [1.29, 1.82) is 0 Å². The van der Waals surface area contributed by atoms with Gasteiger partial charge in [-0.2, -0.15) is 0 Å². The number of hydrogen-bond acceptors (Lipinski definition) is 5. The van der Waals surface area contributed by atoms with E-state index in [1.165, 1.54) is 7.11 Å². The number of carboxylic acid groups (broad SMARTS) is 1. The monoisotopic (exact) mass is 260 g/mol. The van der Waals surface area contributed by atoms with Crippen LogP contribution >= 0.6 is 0 Å². The molecule has 0 aromatic rings. The van der Waals surface area contributed by atoms with Crippen LogP contribution in [0.4, 0.5) is 0 Å². The Morgan fingerprint density at radius 1 is 1.33 bits per heavy atom. The van der Waals surface area contributed by atoms with Gasteiger partial charge in [-0.15, -0.1) is 0 Å². The molecule has 18 heavy (non-hydrogen) atoms. The van der Waals surface area contributed by atoms with E-state index >= 15 is 0 Å². The molecular weight excluding hydrogens is 240 g/mol. The van der Waals surface area contributed by atoms with Gasteiger partial charge in [0.2, 0.25) is 5.91 Å². The molecule has 0 aromatic carbocycles. The number of ether oxygens (including phenoxy) is 1. The van der Waals surface area contributed by atoms with Crippen LogP contribution in [-0.2, 0) is 19.1 Å². The molecule has 0 aromatic heterocycles. The van der Waals surface area contributed by atoms with Gasteiger partial charge in [0.15, 0.2) is 0 Å². The van der Waals surface area contributed by atoms with Gasteiger partial charge in [0.05, 0.1) is 13.2 Å². The Labute approximate surface area is 106 Å². The molecule has 0 saturated heterocycles. The average Bonchev–Trinajstić information content (AvgIpc) is 2.30. The van der Waals surface area contributed by atoms with Crippen molar-refractivity contribution in [2.45, 2.75) is 38.8 Å². The van der Waals surface area contributed by atoms with Gasteiger partial charge in [-0.3, -0.25) is 9.59 Å². The first-order chi connectivity index (χ1) is 8.29. The van der Waals surface area contributed by atoms with Gasteiger partial charge in [-0.25, -0.2) is 4.79 Å². The Bertz CT molecular complexity index is 317. The Balaban J connectivity index is 4.41. The molecule has 7 nitrogen and oxygen atoms in total. The third-order valence-corrected chi connectivity index (χ3v) is 2.43. The number of amides is 1. The predicted molar refractivity (Wildman–Crippen MR) is 63.6 cm³/mol. The van der Waals surface area contributed by atoms with Crippen LogP contribution in [0.5, 0.6) is 0 Å². The van der Waals surface area contributed by atoms with Crippen molar-refractivity contribution in [3.63, 3.8) is 0 Å². The van der Waals surface area contributed by atoms with Crippen molar-refractivity contribution in [3.8, 4) is 0 Å². The summed E-state index contributed by atoms with van der Waals surface area (Å²) in [5.74, 6) is -2.27. The summed E-state index contributed by atoms with van der Waals surface area (Å²) in [6.45, 7) is 3.51. The summed E-state index contributed by atoms with van der Waals surface area (Å²) >= 11 is 0. The third-order valence-electron chi connectivity index (χ3n) is 2.43. The Morgan fingerprint density at radius 2 is 1.89 bits per heavy atom. The van der Waals surface area contributed by atoms with Crippen LogP contribution in [-0.4, -0.2) is 42.1 Å². The van der Waals surface area contributed by atoms with Crippen molar-refractivity contribution < 1.29 is 24.2 Å². The fraction of sp³-hybridized carbons (Fsp3) is 0.727. The summed E-state index contributed by atoms with van der Waals surface area (Å²) in [4.78, 5) is 33.4. The topological polar surface area (TPSA) is 119 Å². The molecule has 4 N–H and O–H groups in total. The van der Waals surface area contributed by atoms with Crippen LogP contribution < -0.4 is 11.1 Å². The van der Waals surface area contributed by atoms with E-state index in [0.717, 1.165) is 0 Å². The lowest BCUT2D eigenvalue weighted by molar-refractivity contribution is -0.146. The van der Waals surface area contributed by atoms with Gasteiger partial charge in [0.1, 0.15) is 6.04 Å². The number of nitrogens with two attached hydrogens (primary N) is 1. The molecule has 2 unspecified atom stereocenters. The van der Waals surface area contributed by atoms with E-state index in [0.29, 0.717) is 0 Å². The van der Waals surface area contributed by atoms with Crippen molar-refractivity contribution >= 4 is 17.8 Å². The second-order valence-electron chi connectivity index (χ2n) is 4.29. The lowest BCUT2D eigenvalue weighted by Gasteiger charge is -2.21. The predicted octanol–water partition coefficient (Wildman–Crippen LogP) is -0.508. The van der Waals surface area contributed by atoms with E-state index in [1.54, 1.807) is 13.8 Å². The van der Waals surface area contributed by atoms with Gasteiger partial charge in [-0.05, 0) is 12.3 Å². The Hall–Kier alpha value is -1.63. The second kappa shape index (κ2) is 7.65. The summed E-state index contributed by atoms with van der Waals surface area (Å²) < 4.78 is 4.56. The van der Waals surface area contributed by atoms with Crippen LogP contribution in [0.1, 0.15) is 26.7 Å². The molecule has 0 fully saturated rings. The van der Waals surface area contributed by atoms with E-state index in [9.17, 15) is 14.4 Å². The number of carbonyl (C=O) groups is 3. The van der Waals surface area contributed by atoms with E-state index in [4.69, 9.17) is 10.8 Å². The van der Waals surface area contributed by atoms with Crippen molar-refractivity contribution in [3.05, 3.63) is 0 Å². The standard InChI is InChI=1S/C11H20N2O5/c1-6(2)9(11(17)18-3)13-10(16)7(12)4-5-8(14)15/h6-7,9H,4-5,12H2,1-3H3,(H,13,16)(H,14,15). The normalized spacial score (nSPS) is 13.8. The molecule has 2 atom stereocenters. The SMILES string of the molecule is COC(=O)C(NC(=O)C(N)CCC(=O)O)C(C)C. The number of nitrogens with one attached hydrogen (secondary N) is 1. The first kappa shape index (κ1) is 16.4. The molecule has 0 aliphatic carbocycles. The van der Waals surface area contributed by atoms with E-state index < -0.39 is 29.9 Å². The van der Waals surface area contributed by atoms with Crippen LogP contribution in [0.2, 0.25) is 0 Å². The number of aliphatic carboxylic acids is 1. The lowest BCUT2D eigenvalue weighted by atomic mass is 10.0. The van der Waals surface area contributed by atoms with Gasteiger partial charge in [0.25, 0.3) is 0 Å². The molecule has 0 aliphatic rings. The molecule has 0 heterocycles. The highest BCUT2D eigenvalue weighted by atomic mass is 16.5. The number of methoxy groups -OCH3 is 1. The second-order valence-corrected chi connectivity index (χ2v) is 4.29. The first-order valence-electron chi connectivity index (χ1n) is 5.65. The van der Waals surface area contributed by atoms with E-state index in [-0.39, 0.29) is 18.8 Å². The van der Waals surface area contributed by atoms with Gasteiger partial charge in [0, 0.05) is 6.42 Å². The first-order valence-corrected chi connectivity index (χ1v) is 5.65. The lowest BCUT2D eigenvalue weighted by Crippen LogP contribution is -2.51. The minimum Gasteiger partial charge on any atom is -0.481 e. The van der Waals surface area contributed by atoms with Crippen LogP contribution in [0.25, 0.3) is 0 Å². The largest absolute Gasteiger partial charge is 0.481 e. The molecular formula is C11H20N2O5. The molecule has 0 bridgehead atoms. The van der Waals surface area contributed by atoms with Crippen molar-refractivity contribution in [2.24, 2.45) is 11.7 Å². The fourth-order valence-corrected chi connectivity index (χ4v) is 1.30. The number of rotatable bonds is 7. The number of carbonyl (C=O) groups excluding carboxylic acids is 2. The van der Waals surface area contributed by atoms with Gasteiger partial charge in [-0.1, -0.05) is 13.8 Å². The highest BCUT2D eigenvalue weighted by Gasteiger charge is 2.27. The fourth-order valence-electron chi connectivity index (χ4n) is 1.30. The highest BCUT2D eigenvalue weighted by molar-refractivity contribution is 5.87. The minimum absolute atomic E-state index is 0.0210. The van der Waals surface area contributed by atoms with Gasteiger partial charge >= 0.3 is 11.9 Å². The average molecular weight is 260 g/mol. The van der Waals surface area contributed by atoms with Crippen LogP contribution in [0.15, 0.2) is 0 Å². The zero-order valence-electron chi connectivity index (χ0n) is 10.8. The summed E-state index contributed by atoms with van der Waals surface area (Å²) in [7, 11) is 1.23. The molecule has 0 rings (SSSR count). The number of esters is 1. The highest BCUT2D eigenvalue weighted by Crippen LogP contribution is 2.05. The van der Waals surface area contributed by atoms with E-state index in [2.05, 4.69) is 10.1 Å². The van der Waals surface area contributed by atoms with Crippen molar-refractivity contribution in [1.82, 2.24) is 5.32 Å². The molecule has 1 amide bonds. The molecule has 0 aliphatic heterocycles. The summed E-state index contributed by atoms with van der Waals surface area (Å²) in [6.07, 6.45) is -0.174. The number of carboxylic acids is 1. The number of hydrogen-bond donors (Lipinski definition) is 3. The van der Waals surface area contributed by atoms with Gasteiger partial charge < -0.3 is 20.9 Å². The van der Waals surface area contributed by atoms with Crippen molar-refractivity contribution in [2.75, 3.05) is 7.11 Å². The summed E-state index contributed by atoms with van der Waals surface area (Å²) in [5, 5.41) is 10.9. The summed E-state index contributed by atoms with van der Waals surface area (Å²) in [6, 6.07) is -1.73. The molecule has 0 radical (unpaired) electrons.